The van der Waals surface area contributed by atoms with Crippen LogP contribution in [0.25, 0.3) is 0 Å². The van der Waals surface area contributed by atoms with Gasteiger partial charge in [0.15, 0.2) is 0 Å². The van der Waals surface area contributed by atoms with Crippen molar-refractivity contribution in [2.24, 2.45) is 0 Å². The van der Waals surface area contributed by atoms with E-state index in [1.165, 1.54) is 154 Å². The van der Waals surface area contributed by atoms with Gasteiger partial charge in [0, 0.05) is 12.8 Å². The summed E-state index contributed by atoms with van der Waals surface area (Å²) in [6.07, 6.45) is 56.9. The lowest BCUT2D eigenvalue weighted by molar-refractivity contribution is -0.143. The van der Waals surface area contributed by atoms with Crippen molar-refractivity contribution in [3.8, 4) is 0 Å². The molecule has 3 N–H and O–H groups in total. The molecule has 1 amide bonds. The Bertz CT molecular complexity index is 946. The van der Waals surface area contributed by atoms with Crippen molar-refractivity contribution in [1.82, 2.24) is 5.32 Å². The van der Waals surface area contributed by atoms with Crippen LogP contribution in [0.2, 0.25) is 0 Å². The molecule has 0 aromatic carbocycles. The first-order chi connectivity index (χ1) is 28.5. The Kier molecular flexibility index (Phi) is 46.2. The van der Waals surface area contributed by atoms with Crippen LogP contribution in [0.3, 0.4) is 0 Å². The number of hydrogen-bond donors (Lipinski definition) is 3. The second-order valence-corrected chi connectivity index (χ2v) is 17.1. The molecule has 6 heteroatoms. The third-order valence-electron chi connectivity index (χ3n) is 11.4. The maximum absolute atomic E-state index is 12.4. The summed E-state index contributed by atoms with van der Waals surface area (Å²) in [7, 11) is 0. The second kappa shape index (κ2) is 47.8. The lowest BCUT2D eigenvalue weighted by Gasteiger charge is -2.22. The van der Waals surface area contributed by atoms with Gasteiger partial charge in [-0.25, -0.2) is 0 Å². The number of aliphatic hydroxyl groups is 2. The van der Waals surface area contributed by atoms with Gasteiger partial charge in [-0.3, -0.25) is 9.59 Å². The van der Waals surface area contributed by atoms with Gasteiger partial charge in [0.05, 0.1) is 25.4 Å². The van der Waals surface area contributed by atoms with E-state index in [1.54, 1.807) is 0 Å². The van der Waals surface area contributed by atoms with Crippen LogP contribution in [0.4, 0.5) is 0 Å². The maximum atomic E-state index is 12.4. The number of ether oxygens (including phenoxy) is 1. The molecule has 0 bridgehead atoms. The Balaban J connectivity index is 3.44. The van der Waals surface area contributed by atoms with Crippen LogP contribution in [0.15, 0.2) is 36.5 Å². The summed E-state index contributed by atoms with van der Waals surface area (Å²) in [6, 6.07) is -0.550. The molecule has 0 heterocycles. The van der Waals surface area contributed by atoms with Crippen molar-refractivity contribution in [3.63, 3.8) is 0 Å². The minimum atomic E-state index is -0.671. The SMILES string of the molecule is CCCC/C=C\C/C=C\CCCCCCCC(=O)OCCCCCCCCCCC/C=C\CCCCCCCC(=O)NC(CO)C(O)CCCCCCCCCCC. The summed E-state index contributed by atoms with van der Waals surface area (Å²) < 4.78 is 5.45. The summed E-state index contributed by atoms with van der Waals surface area (Å²) in [5, 5.41) is 23.0. The third kappa shape index (κ3) is 43.7. The van der Waals surface area contributed by atoms with E-state index in [1.807, 2.05) is 0 Å². The number of rotatable bonds is 46. The Morgan fingerprint density at radius 2 is 0.879 bits per heavy atom. The maximum Gasteiger partial charge on any atom is 0.305 e. The summed E-state index contributed by atoms with van der Waals surface area (Å²) in [5.41, 5.74) is 0. The predicted octanol–water partition coefficient (Wildman–Crippen LogP) is 14.9. The van der Waals surface area contributed by atoms with Gasteiger partial charge < -0.3 is 20.3 Å². The lowest BCUT2D eigenvalue weighted by atomic mass is 10.0. The van der Waals surface area contributed by atoms with Crippen LogP contribution in [0.5, 0.6) is 0 Å². The van der Waals surface area contributed by atoms with E-state index in [4.69, 9.17) is 4.74 Å². The fraction of sp³-hybridized carbons (Fsp3) is 0.846. The molecule has 2 atom stereocenters. The molecule has 58 heavy (non-hydrogen) atoms. The summed E-state index contributed by atoms with van der Waals surface area (Å²) in [6.45, 7) is 4.86. The van der Waals surface area contributed by atoms with Crippen molar-refractivity contribution >= 4 is 11.9 Å². The van der Waals surface area contributed by atoms with Crippen LogP contribution >= 0.6 is 0 Å². The fourth-order valence-electron chi connectivity index (χ4n) is 7.47. The zero-order valence-electron chi connectivity index (χ0n) is 38.5. The number of unbranched alkanes of at least 4 members (excludes halogenated alkanes) is 29. The van der Waals surface area contributed by atoms with Crippen LogP contribution in [-0.4, -0.2) is 47.4 Å². The quantitative estimate of drug-likeness (QED) is 0.0323. The van der Waals surface area contributed by atoms with Crippen LogP contribution < -0.4 is 5.32 Å². The summed E-state index contributed by atoms with van der Waals surface area (Å²) in [4.78, 5) is 24.4. The van der Waals surface area contributed by atoms with Crippen LogP contribution in [0.1, 0.15) is 258 Å². The van der Waals surface area contributed by atoms with Gasteiger partial charge in [0.25, 0.3) is 0 Å². The van der Waals surface area contributed by atoms with Crippen molar-refractivity contribution < 1.29 is 24.5 Å². The van der Waals surface area contributed by atoms with E-state index < -0.39 is 12.1 Å². The number of amides is 1. The highest BCUT2D eigenvalue weighted by Crippen LogP contribution is 2.15. The molecule has 2 unspecified atom stereocenters. The fourth-order valence-corrected chi connectivity index (χ4v) is 7.47. The molecular formula is C52H97NO5. The average Bonchev–Trinajstić information content (AvgIpc) is 3.22. The van der Waals surface area contributed by atoms with Gasteiger partial charge >= 0.3 is 5.97 Å². The normalized spacial score (nSPS) is 13.0. The van der Waals surface area contributed by atoms with Crippen molar-refractivity contribution in [3.05, 3.63) is 36.5 Å². The third-order valence-corrected chi connectivity index (χ3v) is 11.4. The Hall–Kier alpha value is -1.92. The molecule has 0 saturated carbocycles. The van der Waals surface area contributed by atoms with E-state index >= 15 is 0 Å². The van der Waals surface area contributed by atoms with Gasteiger partial charge in [0.1, 0.15) is 0 Å². The first-order valence-corrected chi connectivity index (χ1v) is 25.2. The zero-order chi connectivity index (χ0) is 42.3. The first-order valence-electron chi connectivity index (χ1n) is 25.2. The molecular weight excluding hydrogens is 719 g/mol. The molecule has 0 fully saturated rings. The number of allylic oxidation sites excluding steroid dienone is 6. The van der Waals surface area contributed by atoms with Crippen LogP contribution in [0, 0.1) is 0 Å². The number of carbonyl (C=O) groups excluding carboxylic acids is 2. The molecule has 0 spiro atoms. The van der Waals surface area contributed by atoms with Crippen molar-refractivity contribution in [2.45, 2.75) is 270 Å². The Labute approximate surface area is 360 Å². The van der Waals surface area contributed by atoms with Gasteiger partial charge in [-0.05, 0) is 77.0 Å². The molecule has 0 aliphatic carbocycles. The molecule has 0 aromatic heterocycles. The molecule has 0 saturated heterocycles. The number of nitrogens with one attached hydrogen (secondary N) is 1. The van der Waals surface area contributed by atoms with E-state index in [-0.39, 0.29) is 18.5 Å². The van der Waals surface area contributed by atoms with Crippen LogP contribution in [-0.2, 0) is 14.3 Å². The number of hydrogen-bond acceptors (Lipinski definition) is 5. The highest BCUT2D eigenvalue weighted by atomic mass is 16.5. The van der Waals surface area contributed by atoms with Crippen molar-refractivity contribution in [2.75, 3.05) is 13.2 Å². The topological polar surface area (TPSA) is 95.9 Å². The lowest BCUT2D eigenvalue weighted by Crippen LogP contribution is -2.45. The molecule has 0 rings (SSSR count). The highest BCUT2D eigenvalue weighted by Gasteiger charge is 2.20. The molecule has 0 aliphatic heterocycles. The van der Waals surface area contributed by atoms with Gasteiger partial charge in [-0.1, -0.05) is 204 Å². The molecule has 340 valence electrons. The minimum absolute atomic E-state index is 0.0126. The molecule has 0 aliphatic rings. The first kappa shape index (κ1) is 56.1. The van der Waals surface area contributed by atoms with Gasteiger partial charge in [0.2, 0.25) is 5.91 Å². The Morgan fingerprint density at radius 3 is 1.38 bits per heavy atom. The minimum Gasteiger partial charge on any atom is -0.466 e. The number of carbonyl (C=O) groups is 2. The molecule has 0 radical (unpaired) electrons. The average molecular weight is 816 g/mol. The number of esters is 1. The second-order valence-electron chi connectivity index (χ2n) is 17.1. The van der Waals surface area contributed by atoms with E-state index in [0.717, 1.165) is 70.6 Å². The number of aliphatic hydroxyl groups excluding tert-OH is 2. The molecule has 0 aromatic rings. The van der Waals surface area contributed by atoms with Crippen molar-refractivity contribution in [1.29, 1.82) is 0 Å². The van der Waals surface area contributed by atoms with E-state index in [2.05, 4.69) is 55.6 Å². The predicted molar refractivity (Wildman–Crippen MR) is 250 cm³/mol. The molecule has 6 nitrogen and oxygen atoms in total. The highest BCUT2D eigenvalue weighted by molar-refractivity contribution is 5.76. The Morgan fingerprint density at radius 1 is 0.483 bits per heavy atom. The zero-order valence-corrected chi connectivity index (χ0v) is 38.5. The smallest absolute Gasteiger partial charge is 0.305 e. The van der Waals surface area contributed by atoms with E-state index in [0.29, 0.717) is 25.9 Å². The van der Waals surface area contributed by atoms with Gasteiger partial charge in [-0.2, -0.15) is 0 Å². The standard InChI is InChI=1S/C52H97NO5/c1-3-5-7-9-11-13-14-15-23-26-30-34-38-42-46-52(57)58-47-43-39-35-31-27-24-21-19-17-16-18-20-22-25-29-33-37-41-45-51(56)53-49(48-54)50(55)44-40-36-32-28-12-10-8-6-4-2/h9,11,14-15,18,20,49-50,54-55H,3-8,10,12-13,16-17,19,21-48H2,1-2H3,(H,53,56)/b11-9-,15-14-,20-18-. The summed E-state index contributed by atoms with van der Waals surface area (Å²) in [5.74, 6) is -0.0658. The van der Waals surface area contributed by atoms with E-state index in [9.17, 15) is 19.8 Å². The summed E-state index contributed by atoms with van der Waals surface area (Å²) >= 11 is 0. The monoisotopic (exact) mass is 816 g/mol. The largest absolute Gasteiger partial charge is 0.466 e. The van der Waals surface area contributed by atoms with Gasteiger partial charge in [-0.15, -0.1) is 0 Å².